The number of phenolic OH excluding ortho intramolecular Hbond substituents is 1. The Morgan fingerprint density at radius 1 is 1.50 bits per heavy atom. The average Bonchev–Trinajstić information content (AvgIpc) is 2.30. The summed E-state index contributed by atoms with van der Waals surface area (Å²) in [6, 6.07) is 4.54. The van der Waals surface area contributed by atoms with Gasteiger partial charge in [0.25, 0.3) is 5.91 Å². The third kappa shape index (κ3) is 3.15. The highest BCUT2D eigenvalue weighted by Gasteiger charge is 2.08. The average molecular weight is 223 g/mol. The first-order chi connectivity index (χ1) is 7.69. The molecule has 0 atom stereocenters. The van der Waals surface area contributed by atoms with Crippen LogP contribution in [0.5, 0.6) is 11.5 Å². The van der Waals surface area contributed by atoms with Crippen molar-refractivity contribution >= 4 is 5.91 Å². The molecule has 4 heteroatoms. The number of amides is 1. The van der Waals surface area contributed by atoms with Gasteiger partial charge in [-0.15, -0.1) is 0 Å². The van der Waals surface area contributed by atoms with E-state index in [2.05, 4.69) is 12.2 Å². The fourth-order valence-electron chi connectivity index (χ4n) is 1.30. The normalized spacial score (nSPS) is 9.88. The number of carbonyl (C=O) groups is 1. The Kier molecular flexibility index (Phi) is 4.64. The number of nitrogens with one attached hydrogen (secondary N) is 1. The van der Waals surface area contributed by atoms with Crippen LogP contribution in [-0.4, -0.2) is 24.7 Å². The zero-order valence-corrected chi connectivity index (χ0v) is 9.62. The molecule has 0 spiro atoms. The van der Waals surface area contributed by atoms with Crippen LogP contribution in [0.4, 0.5) is 0 Å². The Bertz CT molecular complexity index is 363. The van der Waals surface area contributed by atoms with Crippen LogP contribution in [0, 0.1) is 0 Å². The molecule has 1 aromatic carbocycles. The van der Waals surface area contributed by atoms with Crippen molar-refractivity contribution in [3.05, 3.63) is 23.8 Å². The lowest BCUT2D eigenvalue weighted by atomic mass is 10.2. The van der Waals surface area contributed by atoms with Crippen LogP contribution in [0.15, 0.2) is 18.2 Å². The van der Waals surface area contributed by atoms with Crippen LogP contribution in [0.25, 0.3) is 0 Å². The second-order valence-corrected chi connectivity index (χ2v) is 3.50. The molecule has 1 rings (SSSR count). The second kappa shape index (κ2) is 6.00. The Labute approximate surface area is 95.2 Å². The molecule has 0 saturated heterocycles. The molecule has 4 nitrogen and oxygen atoms in total. The van der Waals surface area contributed by atoms with E-state index in [1.165, 1.54) is 19.2 Å². The van der Waals surface area contributed by atoms with Crippen LogP contribution in [0.1, 0.15) is 30.1 Å². The molecule has 2 N–H and O–H groups in total. The van der Waals surface area contributed by atoms with Gasteiger partial charge in [0.05, 0.1) is 7.11 Å². The van der Waals surface area contributed by atoms with E-state index in [-0.39, 0.29) is 11.7 Å². The van der Waals surface area contributed by atoms with Crippen LogP contribution in [0.2, 0.25) is 0 Å². The maximum Gasteiger partial charge on any atom is 0.251 e. The third-order valence-corrected chi connectivity index (χ3v) is 2.26. The van der Waals surface area contributed by atoms with Crippen molar-refractivity contribution in [2.24, 2.45) is 0 Å². The van der Waals surface area contributed by atoms with Crippen LogP contribution < -0.4 is 10.1 Å². The largest absolute Gasteiger partial charge is 0.504 e. The first-order valence-electron chi connectivity index (χ1n) is 5.34. The van der Waals surface area contributed by atoms with Crippen molar-refractivity contribution < 1.29 is 14.6 Å². The van der Waals surface area contributed by atoms with Gasteiger partial charge in [-0.25, -0.2) is 0 Å². The Morgan fingerprint density at radius 3 is 2.88 bits per heavy atom. The van der Waals surface area contributed by atoms with Gasteiger partial charge in [0.15, 0.2) is 11.5 Å². The fourth-order valence-corrected chi connectivity index (χ4v) is 1.30. The number of rotatable bonds is 5. The summed E-state index contributed by atoms with van der Waals surface area (Å²) in [5.41, 5.74) is 0.491. The number of benzene rings is 1. The summed E-state index contributed by atoms with van der Waals surface area (Å²) >= 11 is 0. The summed E-state index contributed by atoms with van der Waals surface area (Å²) in [5, 5.41) is 12.2. The molecule has 0 saturated carbocycles. The molecule has 0 aliphatic heterocycles. The van der Waals surface area contributed by atoms with Crippen molar-refractivity contribution in [2.45, 2.75) is 19.8 Å². The minimum atomic E-state index is -0.147. The SMILES string of the molecule is CCCCNC(=O)c1ccc(O)c(OC)c1. The Balaban J connectivity index is 2.68. The van der Waals surface area contributed by atoms with E-state index in [0.717, 1.165) is 12.8 Å². The van der Waals surface area contributed by atoms with Gasteiger partial charge < -0.3 is 15.2 Å². The molecule has 88 valence electrons. The minimum absolute atomic E-state index is 0.0348. The fraction of sp³-hybridized carbons (Fsp3) is 0.417. The van der Waals surface area contributed by atoms with Gasteiger partial charge in [-0.05, 0) is 24.6 Å². The van der Waals surface area contributed by atoms with E-state index < -0.39 is 0 Å². The molecule has 0 radical (unpaired) electrons. The van der Waals surface area contributed by atoms with Crippen molar-refractivity contribution in [3.8, 4) is 11.5 Å². The number of aromatic hydroxyl groups is 1. The molecule has 0 aliphatic carbocycles. The maximum absolute atomic E-state index is 11.7. The first kappa shape index (κ1) is 12.4. The van der Waals surface area contributed by atoms with Gasteiger partial charge >= 0.3 is 0 Å². The molecular formula is C12H17NO3. The van der Waals surface area contributed by atoms with E-state index in [0.29, 0.717) is 17.9 Å². The van der Waals surface area contributed by atoms with Gasteiger partial charge in [-0.2, -0.15) is 0 Å². The summed E-state index contributed by atoms with van der Waals surface area (Å²) in [6.07, 6.45) is 2.00. The van der Waals surface area contributed by atoms with E-state index in [9.17, 15) is 9.90 Å². The van der Waals surface area contributed by atoms with Gasteiger partial charge in [-0.3, -0.25) is 4.79 Å². The minimum Gasteiger partial charge on any atom is -0.504 e. The lowest BCUT2D eigenvalue weighted by Gasteiger charge is -2.07. The topological polar surface area (TPSA) is 58.6 Å². The smallest absolute Gasteiger partial charge is 0.251 e. The van der Waals surface area contributed by atoms with Crippen molar-refractivity contribution in [1.29, 1.82) is 0 Å². The molecule has 0 fully saturated rings. The highest BCUT2D eigenvalue weighted by molar-refractivity contribution is 5.94. The number of ether oxygens (including phenoxy) is 1. The predicted molar refractivity (Wildman–Crippen MR) is 61.9 cm³/mol. The quantitative estimate of drug-likeness (QED) is 0.750. The predicted octanol–water partition coefficient (Wildman–Crippen LogP) is 1.93. The molecule has 16 heavy (non-hydrogen) atoms. The van der Waals surface area contributed by atoms with E-state index in [4.69, 9.17) is 4.74 Å². The standard InChI is InChI=1S/C12H17NO3/c1-3-4-7-13-12(15)9-5-6-10(14)11(8-9)16-2/h5-6,8,14H,3-4,7H2,1-2H3,(H,13,15). The number of methoxy groups -OCH3 is 1. The number of hydrogen-bond acceptors (Lipinski definition) is 3. The second-order valence-electron chi connectivity index (χ2n) is 3.50. The van der Waals surface area contributed by atoms with Crippen molar-refractivity contribution in [2.75, 3.05) is 13.7 Å². The maximum atomic E-state index is 11.7. The highest BCUT2D eigenvalue weighted by Crippen LogP contribution is 2.26. The molecule has 0 heterocycles. The van der Waals surface area contributed by atoms with E-state index >= 15 is 0 Å². The molecule has 1 amide bonds. The summed E-state index contributed by atoms with van der Waals surface area (Å²) in [7, 11) is 1.45. The summed E-state index contributed by atoms with van der Waals surface area (Å²) in [5.74, 6) is 0.197. The Morgan fingerprint density at radius 2 is 2.25 bits per heavy atom. The number of carbonyl (C=O) groups excluding carboxylic acids is 1. The summed E-state index contributed by atoms with van der Waals surface area (Å²) in [4.78, 5) is 11.7. The lowest BCUT2D eigenvalue weighted by Crippen LogP contribution is -2.24. The van der Waals surface area contributed by atoms with Crippen molar-refractivity contribution in [1.82, 2.24) is 5.32 Å². The summed E-state index contributed by atoms with van der Waals surface area (Å²) < 4.78 is 4.93. The van der Waals surface area contributed by atoms with Gasteiger partial charge in [-0.1, -0.05) is 13.3 Å². The van der Waals surface area contributed by atoms with Crippen LogP contribution in [-0.2, 0) is 0 Å². The Hall–Kier alpha value is -1.71. The zero-order chi connectivity index (χ0) is 12.0. The monoisotopic (exact) mass is 223 g/mol. The van der Waals surface area contributed by atoms with Crippen LogP contribution in [0.3, 0.4) is 0 Å². The van der Waals surface area contributed by atoms with Crippen molar-refractivity contribution in [3.63, 3.8) is 0 Å². The third-order valence-electron chi connectivity index (χ3n) is 2.26. The van der Waals surface area contributed by atoms with E-state index in [1.54, 1.807) is 6.07 Å². The molecule has 1 aromatic rings. The molecule has 0 unspecified atom stereocenters. The molecule has 0 aromatic heterocycles. The number of phenols is 1. The summed E-state index contributed by atoms with van der Waals surface area (Å²) in [6.45, 7) is 2.73. The number of hydrogen-bond donors (Lipinski definition) is 2. The highest BCUT2D eigenvalue weighted by atomic mass is 16.5. The van der Waals surface area contributed by atoms with Gasteiger partial charge in [0.1, 0.15) is 0 Å². The lowest BCUT2D eigenvalue weighted by molar-refractivity contribution is 0.0953. The van der Waals surface area contributed by atoms with Gasteiger partial charge in [0.2, 0.25) is 0 Å². The molecular weight excluding hydrogens is 206 g/mol. The molecule has 0 bridgehead atoms. The zero-order valence-electron chi connectivity index (χ0n) is 9.62. The first-order valence-corrected chi connectivity index (χ1v) is 5.34. The van der Waals surface area contributed by atoms with Gasteiger partial charge in [0, 0.05) is 12.1 Å². The van der Waals surface area contributed by atoms with Crippen LogP contribution >= 0.6 is 0 Å². The molecule has 0 aliphatic rings. The van der Waals surface area contributed by atoms with E-state index in [1.807, 2.05) is 0 Å². The number of unbranched alkanes of at least 4 members (excludes halogenated alkanes) is 1.